The molecule has 0 aliphatic carbocycles. The van der Waals surface area contributed by atoms with E-state index >= 15 is 0 Å². The van der Waals surface area contributed by atoms with Crippen LogP contribution >= 0.6 is 0 Å². The number of benzene rings is 3. The molecular formula is C24H25N3O6S2. The van der Waals surface area contributed by atoms with Crippen LogP contribution in [0.1, 0.15) is 12.5 Å². The predicted octanol–water partition coefficient (Wildman–Crippen LogP) is 3.35. The fraction of sp³-hybridized carbons (Fsp3) is 0.208. The number of amides is 1. The summed E-state index contributed by atoms with van der Waals surface area (Å²) in [5.74, 6) is -0.383. The molecule has 11 heteroatoms. The van der Waals surface area contributed by atoms with Gasteiger partial charge in [0.15, 0.2) is 6.10 Å². The number of anilines is 3. The second-order valence-corrected chi connectivity index (χ2v) is 11.9. The van der Waals surface area contributed by atoms with Crippen molar-refractivity contribution in [3.05, 3.63) is 78.4 Å². The molecule has 3 aromatic carbocycles. The lowest BCUT2D eigenvalue weighted by molar-refractivity contribution is -0.122. The molecule has 0 bridgehead atoms. The summed E-state index contributed by atoms with van der Waals surface area (Å²) in [6.45, 7) is 3.26. The molecule has 35 heavy (non-hydrogen) atoms. The smallest absolute Gasteiger partial charge is 0.267 e. The normalized spacial score (nSPS) is 15.6. The molecule has 0 saturated heterocycles. The quantitative estimate of drug-likeness (QED) is 0.498. The van der Waals surface area contributed by atoms with E-state index in [0.29, 0.717) is 22.8 Å². The minimum atomic E-state index is -3.81. The molecule has 0 unspecified atom stereocenters. The first-order chi connectivity index (χ1) is 16.6. The van der Waals surface area contributed by atoms with E-state index in [1.807, 2.05) is 6.92 Å². The highest BCUT2D eigenvalue weighted by molar-refractivity contribution is 7.93. The monoisotopic (exact) mass is 515 g/mol. The van der Waals surface area contributed by atoms with Crippen molar-refractivity contribution >= 4 is 43.0 Å². The molecule has 2 N–H and O–H groups in total. The van der Waals surface area contributed by atoms with E-state index in [4.69, 9.17) is 4.74 Å². The van der Waals surface area contributed by atoms with E-state index in [0.717, 1.165) is 5.56 Å². The second-order valence-electron chi connectivity index (χ2n) is 7.99. The number of nitrogens with zero attached hydrogens (tertiary/aromatic N) is 1. The van der Waals surface area contributed by atoms with Crippen molar-refractivity contribution in [3.63, 3.8) is 0 Å². The summed E-state index contributed by atoms with van der Waals surface area (Å²) in [5, 5.41) is 2.67. The maximum atomic E-state index is 12.9. The van der Waals surface area contributed by atoms with E-state index in [9.17, 15) is 21.6 Å². The van der Waals surface area contributed by atoms with Crippen LogP contribution in [0.15, 0.2) is 77.7 Å². The van der Waals surface area contributed by atoms with Crippen molar-refractivity contribution in [1.82, 2.24) is 0 Å². The molecule has 9 nitrogen and oxygen atoms in total. The molecular weight excluding hydrogens is 490 g/mol. The zero-order chi connectivity index (χ0) is 25.2. The molecule has 4 rings (SSSR count). The van der Waals surface area contributed by atoms with Crippen molar-refractivity contribution < 1.29 is 26.4 Å². The molecule has 184 valence electrons. The first-order valence-corrected chi connectivity index (χ1v) is 13.9. The number of sulfonamides is 2. The van der Waals surface area contributed by atoms with Gasteiger partial charge in [0.2, 0.25) is 10.0 Å². The van der Waals surface area contributed by atoms with Crippen molar-refractivity contribution in [2.24, 2.45) is 0 Å². The van der Waals surface area contributed by atoms with Crippen LogP contribution in [0.2, 0.25) is 0 Å². The Labute approximate surface area is 204 Å². The molecule has 0 aromatic heterocycles. The van der Waals surface area contributed by atoms with Crippen LogP contribution in [0.3, 0.4) is 0 Å². The summed E-state index contributed by atoms with van der Waals surface area (Å²) in [6, 6.07) is 19.2. The minimum Gasteiger partial charge on any atom is -0.476 e. The maximum Gasteiger partial charge on any atom is 0.267 e. The van der Waals surface area contributed by atoms with Gasteiger partial charge in [-0.1, -0.05) is 29.8 Å². The Bertz CT molecular complexity index is 1440. The molecule has 0 spiro atoms. The van der Waals surface area contributed by atoms with Gasteiger partial charge in [0.1, 0.15) is 5.75 Å². The number of fused-ring (bicyclic) bond motifs is 1. The van der Waals surface area contributed by atoms with Gasteiger partial charge in [0, 0.05) is 11.4 Å². The van der Waals surface area contributed by atoms with Crippen molar-refractivity contribution in [3.8, 4) is 5.75 Å². The average molecular weight is 516 g/mol. The van der Waals surface area contributed by atoms with Gasteiger partial charge in [-0.25, -0.2) is 16.8 Å². The average Bonchev–Trinajstić information content (AvgIpc) is 2.85. The first kappa shape index (κ1) is 24.6. The highest BCUT2D eigenvalue weighted by atomic mass is 32.2. The molecule has 0 saturated carbocycles. The zero-order valence-electron chi connectivity index (χ0n) is 19.1. The molecule has 0 radical (unpaired) electrons. The topological polar surface area (TPSA) is 122 Å². The highest BCUT2D eigenvalue weighted by Crippen LogP contribution is 2.35. The number of carbonyl (C=O) groups excluding carboxylic acids is 1. The molecule has 1 atom stereocenters. The number of para-hydroxylation sites is 2. The van der Waals surface area contributed by atoms with E-state index < -0.39 is 32.1 Å². The van der Waals surface area contributed by atoms with Crippen LogP contribution in [-0.4, -0.2) is 41.1 Å². The highest BCUT2D eigenvalue weighted by Gasteiger charge is 2.36. The third-order valence-electron chi connectivity index (χ3n) is 5.46. The lowest BCUT2D eigenvalue weighted by Crippen LogP contribution is -2.49. The summed E-state index contributed by atoms with van der Waals surface area (Å²) in [5.41, 5.74) is 2.17. The summed E-state index contributed by atoms with van der Waals surface area (Å²) in [7, 11) is -7.44. The third kappa shape index (κ3) is 5.41. The Hall–Kier alpha value is -3.57. The van der Waals surface area contributed by atoms with Gasteiger partial charge in [-0.05, 0) is 62.4 Å². The fourth-order valence-corrected chi connectivity index (χ4v) is 5.72. The number of rotatable bonds is 7. The van der Waals surface area contributed by atoms with Crippen LogP contribution in [0.4, 0.5) is 17.1 Å². The molecule has 1 amide bonds. The lowest BCUT2D eigenvalue weighted by atomic mass is 10.2. The summed E-state index contributed by atoms with van der Waals surface area (Å²) in [4.78, 5) is 12.9. The van der Waals surface area contributed by atoms with Crippen LogP contribution in [0.25, 0.3) is 0 Å². The van der Waals surface area contributed by atoms with Gasteiger partial charge in [-0.2, -0.15) is 0 Å². The standard InChI is InChI=1S/C24H25N3O6S2/c1-3-34(29,30)27-16-23(33-22-7-5-4-6-21(22)27)24(28)25-18-12-14-20(15-13-18)35(31,32)26-19-10-8-17(2)9-11-19/h4-15,23,26H,3,16H2,1-2H3,(H,25,28)/t23-/m1/s1. The van der Waals surface area contributed by atoms with Crippen molar-refractivity contribution in [1.29, 1.82) is 0 Å². The molecule has 1 aliphatic rings. The van der Waals surface area contributed by atoms with E-state index in [2.05, 4.69) is 10.0 Å². The van der Waals surface area contributed by atoms with E-state index in [1.54, 1.807) is 48.5 Å². The largest absolute Gasteiger partial charge is 0.476 e. The van der Waals surface area contributed by atoms with Crippen LogP contribution < -0.4 is 19.1 Å². The first-order valence-electron chi connectivity index (χ1n) is 10.9. The minimum absolute atomic E-state index is 0.0270. The molecule has 1 heterocycles. The number of hydrogen-bond donors (Lipinski definition) is 2. The van der Waals surface area contributed by atoms with Crippen molar-refractivity contribution in [2.45, 2.75) is 24.8 Å². The maximum absolute atomic E-state index is 12.9. The number of aryl methyl sites for hydroxylation is 1. The second kappa shape index (κ2) is 9.59. The molecule has 0 fully saturated rings. The Morgan fingerprint density at radius 3 is 2.23 bits per heavy atom. The Balaban J connectivity index is 1.48. The van der Waals surface area contributed by atoms with Gasteiger partial charge in [0.05, 0.1) is 22.9 Å². The van der Waals surface area contributed by atoms with Crippen LogP contribution in [-0.2, 0) is 24.8 Å². The Kier molecular flexibility index (Phi) is 6.73. The SMILES string of the molecule is CCS(=O)(=O)N1C[C@H](C(=O)Nc2ccc(S(=O)(=O)Nc3ccc(C)cc3)cc2)Oc2ccccc21. The summed E-state index contributed by atoms with van der Waals surface area (Å²) >= 11 is 0. The third-order valence-corrected chi connectivity index (χ3v) is 8.61. The number of ether oxygens (including phenoxy) is 1. The van der Waals surface area contributed by atoms with Gasteiger partial charge in [-0.3, -0.25) is 13.8 Å². The zero-order valence-corrected chi connectivity index (χ0v) is 20.8. The summed E-state index contributed by atoms with van der Waals surface area (Å²) < 4.78 is 60.0. The number of nitrogens with one attached hydrogen (secondary N) is 2. The number of hydrogen-bond acceptors (Lipinski definition) is 6. The predicted molar refractivity (Wildman–Crippen MR) is 135 cm³/mol. The van der Waals surface area contributed by atoms with Gasteiger partial charge in [0.25, 0.3) is 15.9 Å². The van der Waals surface area contributed by atoms with Crippen LogP contribution in [0, 0.1) is 6.92 Å². The Morgan fingerprint density at radius 1 is 0.943 bits per heavy atom. The van der Waals surface area contributed by atoms with Gasteiger partial charge >= 0.3 is 0 Å². The fourth-order valence-electron chi connectivity index (χ4n) is 3.53. The van der Waals surface area contributed by atoms with E-state index in [-0.39, 0.29) is 17.2 Å². The van der Waals surface area contributed by atoms with Gasteiger partial charge < -0.3 is 10.1 Å². The molecule has 3 aromatic rings. The molecule has 1 aliphatic heterocycles. The Morgan fingerprint density at radius 2 is 1.57 bits per heavy atom. The summed E-state index contributed by atoms with van der Waals surface area (Å²) in [6.07, 6.45) is -1.09. The van der Waals surface area contributed by atoms with Crippen molar-refractivity contribution in [2.75, 3.05) is 26.6 Å². The lowest BCUT2D eigenvalue weighted by Gasteiger charge is -2.34. The van der Waals surface area contributed by atoms with Gasteiger partial charge in [-0.15, -0.1) is 0 Å². The number of carbonyl (C=O) groups is 1. The van der Waals surface area contributed by atoms with E-state index in [1.165, 1.54) is 35.5 Å². The van der Waals surface area contributed by atoms with Crippen LogP contribution in [0.5, 0.6) is 5.75 Å².